The van der Waals surface area contributed by atoms with E-state index < -0.39 is 0 Å². The summed E-state index contributed by atoms with van der Waals surface area (Å²) in [5.41, 5.74) is 1.15. The Morgan fingerprint density at radius 1 is 1.30 bits per heavy atom. The van der Waals surface area contributed by atoms with Crippen molar-refractivity contribution < 1.29 is 0 Å². The summed E-state index contributed by atoms with van der Waals surface area (Å²) >= 11 is 1.88. The van der Waals surface area contributed by atoms with Gasteiger partial charge in [0.25, 0.3) is 0 Å². The molecule has 0 saturated heterocycles. The molecule has 0 amide bonds. The van der Waals surface area contributed by atoms with Crippen LogP contribution in [0.2, 0.25) is 0 Å². The number of nitrogens with one attached hydrogen (secondary N) is 1. The van der Waals surface area contributed by atoms with Crippen LogP contribution in [-0.2, 0) is 0 Å². The van der Waals surface area contributed by atoms with Crippen LogP contribution in [0.1, 0.15) is 52.1 Å². The number of thioether (sulfide) groups is 1. The molecule has 0 radical (unpaired) electrons. The molecule has 1 unspecified atom stereocenters. The van der Waals surface area contributed by atoms with E-state index in [2.05, 4.69) is 49.5 Å². The molecule has 0 bridgehead atoms. The van der Waals surface area contributed by atoms with Gasteiger partial charge in [-0.25, -0.2) is 0 Å². The van der Waals surface area contributed by atoms with Gasteiger partial charge in [0.1, 0.15) is 0 Å². The SMILES string of the molecule is CCNC(C)c1ccc(SCCCC(C)(C)C#N)cc1. The van der Waals surface area contributed by atoms with Crippen LogP contribution in [0.5, 0.6) is 0 Å². The summed E-state index contributed by atoms with van der Waals surface area (Å²) in [6.07, 6.45) is 2.05. The van der Waals surface area contributed by atoms with Gasteiger partial charge in [-0.2, -0.15) is 5.26 Å². The monoisotopic (exact) mass is 290 g/mol. The molecule has 1 atom stereocenters. The minimum Gasteiger partial charge on any atom is -0.310 e. The van der Waals surface area contributed by atoms with Gasteiger partial charge in [-0.05, 0) is 63.6 Å². The van der Waals surface area contributed by atoms with Crippen molar-refractivity contribution in [1.29, 1.82) is 5.26 Å². The van der Waals surface area contributed by atoms with Crippen molar-refractivity contribution in [2.45, 2.75) is 51.5 Å². The first-order valence-electron chi connectivity index (χ1n) is 7.36. The van der Waals surface area contributed by atoms with Gasteiger partial charge in [-0.3, -0.25) is 0 Å². The third-order valence-electron chi connectivity index (χ3n) is 3.41. The first-order valence-corrected chi connectivity index (χ1v) is 8.34. The van der Waals surface area contributed by atoms with Gasteiger partial charge >= 0.3 is 0 Å². The molecule has 0 aliphatic rings. The van der Waals surface area contributed by atoms with E-state index in [-0.39, 0.29) is 5.41 Å². The van der Waals surface area contributed by atoms with Crippen LogP contribution in [0.25, 0.3) is 0 Å². The second-order valence-corrected chi connectivity index (χ2v) is 6.96. The van der Waals surface area contributed by atoms with E-state index in [1.54, 1.807) is 0 Å². The number of hydrogen-bond donors (Lipinski definition) is 1. The normalized spacial score (nSPS) is 12.9. The number of rotatable bonds is 8. The van der Waals surface area contributed by atoms with Gasteiger partial charge in [0, 0.05) is 10.9 Å². The summed E-state index contributed by atoms with van der Waals surface area (Å²) < 4.78 is 0. The Labute approximate surface area is 128 Å². The molecule has 1 rings (SSSR count). The Hall–Kier alpha value is -0.980. The Morgan fingerprint density at radius 3 is 2.50 bits per heavy atom. The zero-order valence-corrected chi connectivity index (χ0v) is 13.9. The summed E-state index contributed by atoms with van der Waals surface area (Å²) in [5.74, 6) is 1.08. The Balaban J connectivity index is 2.37. The van der Waals surface area contributed by atoms with E-state index in [0.717, 1.165) is 25.1 Å². The minimum absolute atomic E-state index is 0.189. The van der Waals surface area contributed by atoms with Crippen molar-refractivity contribution in [3.05, 3.63) is 29.8 Å². The lowest BCUT2D eigenvalue weighted by Gasteiger charge is -2.14. The summed E-state index contributed by atoms with van der Waals surface area (Å²) in [6, 6.07) is 11.6. The zero-order chi connectivity index (χ0) is 15.0. The molecule has 110 valence electrons. The molecule has 0 heterocycles. The molecule has 0 saturated carbocycles. The van der Waals surface area contributed by atoms with Crippen LogP contribution in [0.15, 0.2) is 29.2 Å². The first kappa shape index (κ1) is 17.1. The number of benzene rings is 1. The van der Waals surface area contributed by atoms with Crippen molar-refractivity contribution >= 4 is 11.8 Å². The molecule has 2 nitrogen and oxygen atoms in total. The minimum atomic E-state index is -0.189. The van der Waals surface area contributed by atoms with Crippen LogP contribution >= 0.6 is 11.8 Å². The second kappa shape index (κ2) is 8.34. The lowest BCUT2D eigenvalue weighted by atomic mass is 9.90. The van der Waals surface area contributed by atoms with Crippen molar-refractivity contribution in [2.24, 2.45) is 5.41 Å². The lowest BCUT2D eigenvalue weighted by molar-refractivity contribution is 0.448. The fourth-order valence-electron chi connectivity index (χ4n) is 2.04. The molecule has 1 N–H and O–H groups in total. The van der Waals surface area contributed by atoms with Gasteiger partial charge < -0.3 is 5.32 Å². The van der Waals surface area contributed by atoms with Crippen LogP contribution in [-0.4, -0.2) is 12.3 Å². The summed E-state index contributed by atoms with van der Waals surface area (Å²) in [5, 5.41) is 12.4. The van der Waals surface area contributed by atoms with Gasteiger partial charge in [0.05, 0.1) is 11.5 Å². The highest BCUT2D eigenvalue weighted by Crippen LogP contribution is 2.26. The zero-order valence-electron chi connectivity index (χ0n) is 13.1. The summed E-state index contributed by atoms with van der Waals surface area (Å²) in [4.78, 5) is 1.31. The van der Waals surface area contributed by atoms with E-state index in [4.69, 9.17) is 5.26 Å². The van der Waals surface area contributed by atoms with E-state index in [0.29, 0.717) is 6.04 Å². The highest BCUT2D eigenvalue weighted by molar-refractivity contribution is 7.99. The maximum Gasteiger partial charge on any atom is 0.0683 e. The molecule has 0 spiro atoms. The number of hydrogen-bond acceptors (Lipinski definition) is 3. The van der Waals surface area contributed by atoms with Crippen LogP contribution < -0.4 is 5.32 Å². The average Bonchev–Trinajstić information content (AvgIpc) is 2.44. The van der Waals surface area contributed by atoms with Crippen molar-refractivity contribution in [3.8, 4) is 6.07 Å². The topological polar surface area (TPSA) is 35.8 Å². The average molecular weight is 290 g/mol. The van der Waals surface area contributed by atoms with Crippen LogP contribution in [0.4, 0.5) is 0 Å². The molecule has 0 aliphatic carbocycles. The third-order valence-corrected chi connectivity index (χ3v) is 4.51. The molecule has 3 heteroatoms. The molecule has 1 aromatic rings. The van der Waals surface area contributed by atoms with Gasteiger partial charge in [0.2, 0.25) is 0 Å². The molecule has 0 aliphatic heterocycles. The highest BCUT2D eigenvalue weighted by atomic mass is 32.2. The molecular weight excluding hydrogens is 264 g/mol. The molecular formula is C17H26N2S. The van der Waals surface area contributed by atoms with E-state index in [9.17, 15) is 0 Å². The van der Waals surface area contributed by atoms with E-state index in [1.165, 1.54) is 10.5 Å². The standard InChI is InChI=1S/C17H26N2S/c1-5-19-14(2)15-7-9-16(10-8-15)20-12-6-11-17(3,4)13-18/h7-10,14,19H,5-6,11-12H2,1-4H3. The molecule has 20 heavy (non-hydrogen) atoms. The maximum atomic E-state index is 8.97. The third kappa shape index (κ3) is 5.98. The molecule has 0 aromatic heterocycles. The Kier molecular flexibility index (Phi) is 7.12. The quantitative estimate of drug-likeness (QED) is 0.553. The predicted molar refractivity (Wildman–Crippen MR) is 87.9 cm³/mol. The van der Waals surface area contributed by atoms with Crippen LogP contribution in [0.3, 0.4) is 0 Å². The fraction of sp³-hybridized carbons (Fsp3) is 0.588. The molecule has 0 fully saturated rings. The smallest absolute Gasteiger partial charge is 0.0683 e. The summed E-state index contributed by atoms with van der Waals surface area (Å²) in [6.45, 7) is 9.33. The number of nitrogens with zero attached hydrogens (tertiary/aromatic N) is 1. The van der Waals surface area contributed by atoms with E-state index in [1.807, 2.05) is 25.6 Å². The first-order chi connectivity index (χ1) is 9.48. The van der Waals surface area contributed by atoms with Crippen molar-refractivity contribution in [3.63, 3.8) is 0 Å². The van der Waals surface area contributed by atoms with Crippen LogP contribution in [0, 0.1) is 16.7 Å². The van der Waals surface area contributed by atoms with E-state index >= 15 is 0 Å². The lowest BCUT2D eigenvalue weighted by Crippen LogP contribution is -2.17. The summed E-state index contributed by atoms with van der Waals surface area (Å²) in [7, 11) is 0. The Bertz CT molecular complexity index is 431. The Morgan fingerprint density at radius 2 is 1.95 bits per heavy atom. The predicted octanol–water partition coefficient (Wildman–Crippen LogP) is 4.78. The molecule has 1 aromatic carbocycles. The van der Waals surface area contributed by atoms with Gasteiger partial charge in [0.15, 0.2) is 0 Å². The maximum absolute atomic E-state index is 8.97. The fourth-order valence-corrected chi connectivity index (χ4v) is 2.89. The van der Waals surface area contributed by atoms with Crippen molar-refractivity contribution in [1.82, 2.24) is 5.32 Å². The van der Waals surface area contributed by atoms with Crippen molar-refractivity contribution in [2.75, 3.05) is 12.3 Å². The highest BCUT2D eigenvalue weighted by Gasteiger charge is 2.15. The van der Waals surface area contributed by atoms with Gasteiger partial charge in [-0.1, -0.05) is 19.1 Å². The number of nitriles is 1. The second-order valence-electron chi connectivity index (χ2n) is 5.80. The largest absolute Gasteiger partial charge is 0.310 e. The van der Waals surface area contributed by atoms with Gasteiger partial charge in [-0.15, -0.1) is 11.8 Å².